The summed E-state index contributed by atoms with van der Waals surface area (Å²) in [4.78, 5) is 11.8. The number of carboxylic acid groups (broad SMARTS) is 1. The first kappa shape index (κ1) is 20.2. The second kappa shape index (κ2) is 9.16. The van der Waals surface area contributed by atoms with Crippen LogP contribution in [0.5, 0.6) is 0 Å². The number of hydrogen-bond acceptors (Lipinski definition) is 4. The Labute approximate surface area is 176 Å². The minimum atomic E-state index is -0.862. The molecule has 30 heavy (non-hydrogen) atoms. The first-order valence-corrected chi connectivity index (χ1v) is 10.7. The standard InChI is InChI=1S/C25H27NO4/c27-25(28)19(10-6-9-17-7-2-1-3-8-17)15-22(26-29)18-13-14-21-20-11-4-5-12-23(20)30-24(21)16-18/h1-3,7-8,13-14,16,19,29H,4-6,9-12,15H2,(H,27,28)/t19-/m1/s1. The van der Waals surface area contributed by atoms with Gasteiger partial charge >= 0.3 is 5.97 Å². The molecule has 4 rings (SSSR count). The first-order chi connectivity index (χ1) is 14.7. The fraction of sp³-hybridized carbons (Fsp3) is 0.360. The van der Waals surface area contributed by atoms with E-state index in [1.807, 2.05) is 36.4 Å². The highest BCUT2D eigenvalue weighted by Gasteiger charge is 2.23. The molecule has 0 saturated heterocycles. The van der Waals surface area contributed by atoms with E-state index in [1.165, 1.54) is 17.5 Å². The predicted molar refractivity (Wildman–Crippen MR) is 116 cm³/mol. The summed E-state index contributed by atoms with van der Waals surface area (Å²) in [5, 5.41) is 23.9. The zero-order valence-electron chi connectivity index (χ0n) is 17.0. The number of fused-ring (bicyclic) bond motifs is 3. The zero-order valence-corrected chi connectivity index (χ0v) is 17.0. The molecule has 2 N–H and O–H groups in total. The van der Waals surface area contributed by atoms with Crippen LogP contribution in [0, 0.1) is 5.92 Å². The largest absolute Gasteiger partial charge is 0.481 e. The van der Waals surface area contributed by atoms with Crippen LogP contribution in [-0.2, 0) is 24.1 Å². The van der Waals surface area contributed by atoms with Crippen molar-refractivity contribution < 1.29 is 19.5 Å². The van der Waals surface area contributed by atoms with Crippen molar-refractivity contribution in [2.75, 3.05) is 0 Å². The fourth-order valence-corrected chi connectivity index (χ4v) is 4.40. The molecular formula is C25H27NO4. The van der Waals surface area contributed by atoms with E-state index in [1.54, 1.807) is 0 Å². The molecule has 2 aromatic carbocycles. The van der Waals surface area contributed by atoms with Gasteiger partial charge in [0.1, 0.15) is 11.3 Å². The first-order valence-electron chi connectivity index (χ1n) is 10.7. The number of aliphatic carboxylic acids is 1. The molecule has 0 amide bonds. The van der Waals surface area contributed by atoms with E-state index in [0.29, 0.717) is 17.7 Å². The van der Waals surface area contributed by atoms with Crippen molar-refractivity contribution in [3.8, 4) is 0 Å². The molecule has 0 radical (unpaired) electrons. The second-order valence-electron chi connectivity index (χ2n) is 8.09. The summed E-state index contributed by atoms with van der Waals surface area (Å²) < 4.78 is 6.04. The van der Waals surface area contributed by atoms with Crippen LogP contribution in [-0.4, -0.2) is 22.0 Å². The molecule has 1 aromatic heterocycles. The Morgan fingerprint density at radius 1 is 1.10 bits per heavy atom. The predicted octanol–water partition coefficient (Wildman–Crippen LogP) is 5.60. The molecule has 5 heteroatoms. The van der Waals surface area contributed by atoms with Gasteiger partial charge in [0.15, 0.2) is 0 Å². The molecule has 0 spiro atoms. The number of oxime groups is 1. The van der Waals surface area contributed by atoms with Gasteiger partial charge in [0.25, 0.3) is 0 Å². The fourth-order valence-electron chi connectivity index (χ4n) is 4.40. The highest BCUT2D eigenvalue weighted by molar-refractivity contribution is 6.04. The number of aryl methyl sites for hydroxylation is 3. The Morgan fingerprint density at radius 2 is 1.90 bits per heavy atom. The second-order valence-corrected chi connectivity index (χ2v) is 8.09. The summed E-state index contributed by atoms with van der Waals surface area (Å²) in [6, 6.07) is 15.8. The minimum absolute atomic E-state index is 0.187. The molecule has 0 saturated carbocycles. The normalized spacial score (nSPS) is 15.1. The monoisotopic (exact) mass is 405 g/mol. The van der Waals surface area contributed by atoms with Gasteiger partial charge in [0.05, 0.1) is 11.6 Å². The summed E-state index contributed by atoms with van der Waals surface area (Å²) >= 11 is 0. The van der Waals surface area contributed by atoms with Crippen molar-refractivity contribution in [3.63, 3.8) is 0 Å². The highest BCUT2D eigenvalue weighted by atomic mass is 16.4. The van der Waals surface area contributed by atoms with Crippen LogP contribution in [0.15, 0.2) is 58.1 Å². The highest BCUT2D eigenvalue weighted by Crippen LogP contribution is 2.33. The summed E-state index contributed by atoms with van der Waals surface area (Å²) in [6.07, 6.45) is 6.63. The zero-order chi connectivity index (χ0) is 20.9. The van der Waals surface area contributed by atoms with E-state index in [-0.39, 0.29) is 6.42 Å². The van der Waals surface area contributed by atoms with Crippen LogP contribution in [0.2, 0.25) is 0 Å². The molecule has 0 unspecified atom stereocenters. The number of nitrogens with zero attached hydrogens (tertiary/aromatic N) is 1. The average molecular weight is 405 g/mol. The van der Waals surface area contributed by atoms with E-state index >= 15 is 0 Å². The van der Waals surface area contributed by atoms with Crippen LogP contribution in [0.1, 0.15) is 54.6 Å². The van der Waals surface area contributed by atoms with E-state index in [4.69, 9.17) is 4.42 Å². The minimum Gasteiger partial charge on any atom is -0.481 e. The van der Waals surface area contributed by atoms with Crippen LogP contribution in [0.25, 0.3) is 11.0 Å². The van der Waals surface area contributed by atoms with E-state index in [2.05, 4.69) is 17.3 Å². The van der Waals surface area contributed by atoms with Crippen molar-refractivity contribution in [2.24, 2.45) is 11.1 Å². The van der Waals surface area contributed by atoms with Gasteiger partial charge in [-0.25, -0.2) is 0 Å². The number of rotatable bonds is 8. The quantitative estimate of drug-likeness (QED) is 0.290. The van der Waals surface area contributed by atoms with Crippen molar-refractivity contribution >= 4 is 22.7 Å². The Balaban J connectivity index is 1.47. The molecule has 1 aliphatic rings. The number of carbonyl (C=O) groups is 1. The lowest BCUT2D eigenvalue weighted by Crippen LogP contribution is -2.19. The Hall–Kier alpha value is -3.08. The van der Waals surface area contributed by atoms with Crippen LogP contribution >= 0.6 is 0 Å². The Morgan fingerprint density at radius 3 is 2.67 bits per heavy atom. The molecule has 5 nitrogen and oxygen atoms in total. The molecule has 1 aliphatic carbocycles. The molecule has 0 bridgehead atoms. The van der Waals surface area contributed by atoms with Gasteiger partial charge in [-0.05, 0) is 50.2 Å². The number of benzene rings is 2. The lowest BCUT2D eigenvalue weighted by atomic mass is 9.91. The van der Waals surface area contributed by atoms with Gasteiger partial charge in [-0.2, -0.15) is 0 Å². The molecular weight excluding hydrogens is 378 g/mol. The van der Waals surface area contributed by atoms with Gasteiger partial charge in [-0.1, -0.05) is 47.6 Å². The number of hydrogen-bond donors (Lipinski definition) is 2. The maximum absolute atomic E-state index is 11.8. The molecule has 1 heterocycles. The SMILES string of the molecule is O=C(O)[C@H](CCCc1ccccc1)CC(=NO)c1ccc2c3c(oc2c1)CCCC3. The van der Waals surface area contributed by atoms with E-state index < -0.39 is 11.9 Å². The number of carboxylic acids is 1. The smallest absolute Gasteiger partial charge is 0.306 e. The van der Waals surface area contributed by atoms with Crippen molar-refractivity contribution in [3.05, 3.63) is 71.0 Å². The van der Waals surface area contributed by atoms with Gasteiger partial charge in [-0.15, -0.1) is 0 Å². The maximum atomic E-state index is 11.8. The lowest BCUT2D eigenvalue weighted by molar-refractivity contribution is -0.141. The Kier molecular flexibility index (Phi) is 6.17. The summed E-state index contributed by atoms with van der Waals surface area (Å²) in [5.41, 5.74) is 4.37. The van der Waals surface area contributed by atoms with Gasteiger partial charge in [0, 0.05) is 29.4 Å². The third-order valence-electron chi connectivity index (χ3n) is 6.06. The third kappa shape index (κ3) is 4.40. The third-order valence-corrected chi connectivity index (χ3v) is 6.06. The van der Waals surface area contributed by atoms with E-state index in [9.17, 15) is 15.1 Å². The van der Waals surface area contributed by atoms with E-state index in [0.717, 1.165) is 48.8 Å². The lowest BCUT2D eigenvalue weighted by Gasteiger charge is -2.13. The molecule has 1 atom stereocenters. The van der Waals surface area contributed by atoms with Crippen LogP contribution in [0.3, 0.4) is 0 Å². The van der Waals surface area contributed by atoms with Gasteiger partial charge in [0.2, 0.25) is 0 Å². The topological polar surface area (TPSA) is 83.0 Å². The Bertz CT molecular complexity index is 1050. The number of furan rings is 1. The van der Waals surface area contributed by atoms with Crippen molar-refractivity contribution in [1.29, 1.82) is 0 Å². The van der Waals surface area contributed by atoms with Gasteiger partial charge < -0.3 is 14.7 Å². The summed E-state index contributed by atoms with van der Waals surface area (Å²) in [5.74, 6) is -0.404. The molecule has 156 valence electrons. The van der Waals surface area contributed by atoms with Crippen molar-refractivity contribution in [1.82, 2.24) is 0 Å². The van der Waals surface area contributed by atoms with Gasteiger partial charge in [-0.3, -0.25) is 4.79 Å². The summed E-state index contributed by atoms with van der Waals surface area (Å²) in [6.45, 7) is 0. The van der Waals surface area contributed by atoms with Crippen LogP contribution < -0.4 is 0 Å². The molecule has 0 fully saturated rings. The summed E-state index contributed by atoms with van der Waals surface area (Å²) in [7, 11) is 0. The average Bonchev–Trinajstić information content (AvgIpc) is 3.14. The molecule has 3 aromatic rings. The maximum Gasteiger partial charge on any atom is 0.306 e. The van der Waals surface area contributed by atoms with Crippen molar-refractivity contribution in [2.45, 2.75) is 51.4 Å². The van der Waals surface area contributed by atoms with Crippen LogP contribution in [0.4, 0.5) is 0 Å². The molecule has 0 aliphatic heterocycles.